The molecule has 2 N–H and O–H groups in total. The third-order valence-electron chi connectivity index (χ3n) is 1.47. The van der Waals surface area contributed by atoms with Gasteiger partial charge in [0, 0.05) is 17.1 Å². The lowest BCUT2D eigenvalue weighted by molar-refractivity contribution is 0.386. The molecule has 0 unspecified atom stereocenters. The number of nitrogens with one attached hydrogen (secondary N) is 2. The second kappa shape index (κ2) is 6.41. The summed E-state index contributed by atoms with van der Waals surface area (Å²) in [6.07, 6.45) is 0. The Balaban J connectivity index is 0. The molecule has 88 valence electrons. The molecule has 0 fully saturated rings. The van der Waals surface area contributed by atoms with E-state index in [4.69, 9.17) is 0 Å². The molecular formula is C12H30N2. The molecule has 0 heterocycles. The number of hydrogen-bond donors (Lipinski definition) is 2. The molecular weight excluding hydrogens is 172 g/mol. The van der Waals surface area contributed by atoms with Crippen LogP contribution in [0.1, 0.15) is 55.4 Å². The third-order valence-corrected chi connectivity index (χ3v) is 1.47. The molecule has 14 heavy (non-hydrogen) atoms. The first kappa shape index (κ1) is 16.4. The fourth-order valence-electron chi connectivity index (χ4n) is 0.866. The molecule has 0 saturated carbocycles. The minimum absolute atomic E-state index is 0.272. The van der Waals surface area contributed by atoms with Crippen LogP contribution in [0.25, 0.3) is 0 Å². The smallest absolute Gasteiger partial charge is 0.00988 e. The van der Waals surface area contributed by atoms with Crippen molar-refractivity contribution in [3.05, 3.63) is 0 Å². The van der Waals surface area contributed by atoms with Crippen LogP contribution in [-0.2, 0) is 0 Å². The van der Waals surface area contributed by atoms with Crippen LogP contribution in [0.5, 0.6) is 0 Å². The summed E-state index contributed by atoms with van der Waals surface area (Å²) in [5.41, 5.74) is 0.564. The molecule has 2 heteroatoms. The van der Waals surface area contributed by atoms with Crippen LogP contribution in [0.15, 0.2) is 0 Å². The highest BCUT2D eigenvalue weighted by molar-refractivity contribution is 4.72. The lowest BCUT2D eigenvalue weighted by atomic mass is 10.1. The minimum atomic E-state index is 0.272. The van der Waals surface area contributed by atoms with E-state index >= 15 is 0 Å². The van der Waals surface area contributed by atoms with Crippen molar-refractivity contribution in [2.45, 2.75) is 72.5 Å². The van der Waals surface area contributed by atoms with E-state index in [0.717, 1.165) is 0 Å². The van der Waals surface area contributed by atoms with Crippen molar-refractivity contribution >= 4 is 0 Å². The van der Waals surface area contributed by atoms with Crippen LogP contribution in [0.2, 0.25) is 0 Å². The van der Waals surface area contributed by atoms with Gasteiger partial charge in [0.05, 0.1) is 0 Å². The van der Waals surface area contributed by atoms with Gasteiger partial charge in [-0.25, -0.2) is 0 Å². The zero-order valence-corrected chi connectivity index (χ0v) is 11.6. The van der Waals surface area contributed by atoms with E-state index in [2.05, 4.69) is 66.0 Å². The van der Waals surface area contributed by atoms with Crippen molar-refractivity contribution in [2.75, 3.05) is 7.05 Å². The monoisotopic (exact) mass is 202 g/mol. The quantitative estimate of drug-likeness (QED) is 0.683. The summed E-state index contributed by atoms with van der Waals surface area (Å²) in [4.78, 5) is 0. The van der Waals surface area contributed by atoms with Gasteiger partial charge < -0.3 is 10.6 Å². The van der Waals surface area contributed by atoms with Gasteiger partial charge >= 0.3 is 0 Å². The Labute approximate surface area is 90.9 Å². The third kappa shape index (κ3) is 22.7. The van der Waals surface area contributed by atoms with Gasteiger partial charge in [-0.05, 0) is 48.6 Å². The van der Waals surface area contributed by atoms with E-state index in [1.165, 1.54) is 0 Å². The van der Waals surface area contributed by atoms with Gasteiger partial charge in [0.15, 0.2) is 0 Å². The maximum Gasteiger partial charge on any atom is 0.00988 e. The maximum absolute atomic E-state index is 3.38. The summed E-state index contributed by atoms with van der Waals surface area (Å²) in [6.45, 7) is 17.2. The van der Waals surface area contributed by atoms with Crippen molar-refractivity contribution in [2.24, 2.45) is 0 Å². The van der Waals surface area contributed by atoms with Crippen molar-refractivity contribution in [3.8, 4) is 0 Å². The van der Waals surface area contributed by atoms with Gasteiger partial charge in [-0.2, -0.15) is 0 Å². The largest absolute Gasteiger partial charge is 0.315 e. The van der Waals surface area contributed by atoms with Gasteiger partial charge in [0.25, 0.3) is 0 Å². The summed E-state index contributed by atoms with van der Waals surface area (Å²) in [6, 6.07) is 0.593. The summed E-state index contributed by atoms with van der Waals surface area (Å²) in [5.74, 6) is 0. The fourth-order valence-corrected chi connectivity index (χ4v) is 0.866. The maximum atomic E-state index is 3.38. The summed E-state index contributed by atoms with van der Waals surface area (Å²) in [7, 11) is 1.96. The lowest BCUT2D eigenvalue weighted by Crippen LogP contribution is -2.40. The van der Waals surface area contributed by atoms with E-state index in [0.29, 0.717) is 11.6 Å². The standard InChI is InChI=1S/C7H17N.C5H13N/c1-6(2)8-7(3,4)5;1-5(2,3)6-4/h6,8H,1-5H3;6H,1-4H3. The van der Waals surface area contributed by atoms with E-state index in [-0.39, 0.29) is 5.54 Å². The number of hydrogen-bond acceptors (Lipinski definition) is 2. The lowest BCUT2D eigenvalue weighted by Gasteiger charge is -2.23. The zero-order chi connectivity index (χ0) is 12.0. The highest BCUT2D eigenvalue weighted by Gasteiger charge is 2.08. The topological polar surface area (TPSA) is 24.1 Å². The Kier molecular flexibility index (Phi) is 7.49. The van der Waals surface area contributed by atoms with Crippen LogP contribution in [0, 0.1) is 0 Å². The second-order valence-electron chi connectivity index (χ2n) is 6.05. The van der Waals surface area contributed by atoms with Crippen LogP contribution in [0.4, 0.5) is 0 Å². The molecule has 0 spiro atoms. The predicted molar refractivity (Wildman–Crippen MR) is 66.8 cm³/mol. The average Bonchev–Trinajstić information content (AvgIpc) is 1.81. The fraction of sp³-hybridized carbons (Fsp3) is 1.00. The molecule has 0 aromatic heterocycles. The van der Waals surface area contributed by atoms with E-state index < -0.39 is 0 Å². The highest BCUT2D eigenvalue weighted by Crippen LogP contribution is 1.99. The predicted octanol–water partition coefficient (Wildman–Crippen LogP) is 2.79. The van der Waals surface area contributed by atoms with Crippen molar-refractivity contribution in [3.63, 3.8) is 0 Å². The van der Waals surface area contributed by atoms with E-state index in [1.54, 1.807) is 0 Å². The molecule has 0 radical (unpaired) electrons. The second-order valence-corrected chi connectivity index (χ2v) is 6.05. The molecule has 0 amide bonds. The van der Waals surface area contributed by atoms with Gasteiger partial charge in [-0.15, -0.1) is 0 Å². The highest BCUT2D eigenvalue weighted by atomic mass is 15.0. The van der Waals surface area contributed by atoms with Gasteiger partial charge in [0.1, 0.15) is 0 Å². The van der Waals surface area contributed by atoms with Gasteiger partial charge in [-0.1, -0.05) is 13.8 Å². The summed E-state index contributed by atoms with van der Waals surface area (Å²) >= 11 is 0. The van der Waals surface area contributed by atoms with Crippen LogP contribution in [0.3, 0.4) is 0 Å². The number of rotatable bonds is 1. The Bertz CT molecular complexity index is 126. The molecule has 0 saturated heterocycles. The van der Waals surface area contributed by atoms with Crippen LogP contribution >= 0.6 is 0 Å². The molecule has 0 rings (SSSR count). The van der Waals surface area contributed by atoms with Crippen molar-refractivity contribution in [1.82, 2.24) is 10.6 Å². The van der Waals surface area contributed by atoms with Crippen LogP contribution in [-0.4, -0.2) is 24.2 Å². The molecule has 0 bridgehead atoms. The molecule has 0 aliphatic heterocycles. The van der Waals surface area contributed by atoms with E-state index in [1.807, 2.05) is 7.05 Å². The molecule has 0 aromatic carbocycles. The van der Waals surface area contributed by atoms with Crippen LogP contribution < -0.4 is 10.6 Å². The Hall–Kier alpha value is -0.0800. The van der Waals surface area contributed by atoms with Crippen molar-refractivity contribution < 1.29 is 0 Å². The zero-order valence-electron chi connectivity index (χ0n) is 11.6. The Morgan fingerprint density at radius 3 is 1.07 bits per heavy atom. The summed E-state index contributed by atoms with van der Waals surface area (Å²) < 4.78 is 0. The molecule has 0 aliphatic carbocycles. The SMILES string of the molecule is CC(C)NC(C)(C)C.CNC(C)(C)C. The molecule has 0 atom stereocenters. The van der Waals surface area contributed by atoms with Gasteiger partial charge in [-0.3, -0.25) is 0 Å². The van der Waals surface area contributed by atoms with Crippen molar-refractivity contribution in [1.29, 1.82) is 0 Å². The molecule has 0 aromatic rings. The normalized spacial score (nSPS) is 12.4. The average molecular weight is 202 g/mol. The molecule has 0 aliphatic rings. The van der Waals surface area contributed by atoms with Gasteiger partial charge in [0.2, 0.25) is 0 Å². The Morgan fingerprint density at radius 1 is 0.786 bits per heavy atom. The molecule has 2 nitrogen and oxygen atoms in total. The Morgan fingerprint density at radius 2 is 1.07 bits per heavy atom. The van der Waals surface area contributed by atoms with E-state index in [9.17, 15) is 0 Å². The first-order valence-electron chi connectivity index (χ1n) is 5.44. The summed E-state index contributed by atoms with van der Waals surface area (Å²) in [5, 5.41) is 6.49. The minimum Gasteiger partial charge on any atom is -0.315 e. The first-order valence-corrected chi connectivity index (χ1v) is 5.44. The first-order chi connectivity index (χ1) is 5.98.